The van der Waals surface area contributed by atoms with Gasteiger partial charge in [-0.3, -0.25) is 9.69 Å². The summed E-state index contributed by atoms with van der Waals surface area (Å²) in [6.45, 7) is 7.08. The summed E-state index contributed by atoms with van der Waals surface area (Å²) in [5, 5.41) is 0. The van der Waals surface area contributed by atoms with Gasteiger partial charge in [-0.05, 0) is 24.7 Å². The van der Waals surface area contributed by atoms with Crippen molar-refractivity contribution in [2.75, 3.05) is 20.7 Å². The molecule has 3 heteroatoms. The maximum Gasteiger partial charge on any atom is 0.152 e. The van der Waals surface area contributed by atoms with E-state index in [-0.39, 0.29) is 11.2 Å². The van der Waals surface area contributed by atoms with Crippen molar-refractivity contribution in [1.29, 1.82) is 0 Å². The van der Waals surface area contributed by atoms with Crippen LogP contribution >= 0.6 is 0 Å². The number of carbonyl (C=O) groups is 1. The van der Waals surface area contributed by atoms with Gasteiger partial charge in [0.05, 0.1) is 13.7 Å². The van der Waals surface area contributed by atoms with Crippen molar-refractivity contribution in [1.82, 2.24) is 4.90 Å². The second-order valence-electron chi connectivity index (χ2n) is 5.70. The van der Waals surface area contributed by atoms with Gasteiger partial charge < -0.3 is 4.74 Å². The summed E-state index contributed by atoms with van der Waals surface area (Å²) in [6.07, 6.45) is 0. The molecule has 18 heavy (non-hydrogen) atoms. The normalized spacial score (nSPS) is 11.7. The monoisotopic (exact) mass is 249 g/mol. The molecule has 0 atom stereocenters. The number of ketones is 1. The second-order valence-corrected chi connectivity index (χ2v) is 5.70. The van der Waals surface area contributed by atoms with Gasteiger partial charge in [-0.1, -0.05) is 32.9 Å². The molecular formula is C15H23NO2. The molecule has 1 rings (SSSR count). The third-order valence-corrected chi connectivity index (χ3v) is 2.84. The summed E-state index contributed by atoms with van der Waals surface area (Å²) in [4.78, 5) is 14.0. The number of rotatable bonds is 5. The SMILES string of the molecule is COc1cccc(CN(C)CC(=O)C(C)(C)C)c1. The lowest BCUT2D eigenvalue weighted by molar-refractivity contribution is -0.127. The van der Waals surface area contributed by atoms with Crippen LogP contribution in [0.3, 0.4) is 0 Å². The average Bonchev–Trinajstić information content (AvgIpc) is 2.27. The number of methoxy groups -OCH3 is 1. The first-order chi connectivity index (χ1) is 8.32. The first-order valence-electron chi connectivity index (χ1n) is 6.17. The lowest BCUT2D eigenvalue weighted by Gasteiger charge is -2.22. The van der Waals surface area contributed by atoms with Crippen molar-refractivity contribution in [2.24, 2.45) is 5.41 Å². The fourth-order valence-corrected chi connectivity index (χ4v) is 1.62. The number of hydrogen-bond donors (Lipinski definition) is 0. The highest BCUT2D eigenvalue weighted by atomic mass is 16.5. The van der Waals surface area contributed by atoms with Crippen LogP contribution in [-0.4, -0.2) is 31.4 Å². The Morgan fingerprint density at radius 3 is 2.56 bits per heavy atom. The highest BCUT2D eigenvalue weighted by Crippen LogP contribution is 2.17. The topological polar surface area (TPSA) is 29.5 Å². The zero-order valence-electron chi connectivity index (χ0n) is 12.0. The molecule has 0 bridgehead atoms. The van der Waals surface area contributed by atoms with E-state index in [1.54, 1.807) is 7.11 Å². The molecule has 0 fully saturated rings. The molecule has 0 radical (unpaired) electrons. The molecule has 0 saturated carbocycles. The van der Waals surface area contributed by atoms with Crippen LogP contribution in [0.5, 0.6) is 5.75 Å². The Morgan fingerprint density at radius 2 is 2.00 bits per heavy atom. The lowest BCUT2D eigenvalue weighted by Crippen LogP contribution is -2.33. The zero-order chi connectivity index (χ0) is 13.8. The second kappa shape index (κ2) is 6.01. The molecule has 100 valence electrons. The molecule has 0 unspecified atom stereocenters. The Morgan fingerprint density at radius 1 is 1.33 bits per heavy atom. The van der Waals surface area contributed by atoms with E-state index in [4.69, 9.17) is 4.74 Å². The number of carbonyl (C=O) groups excluding carboxylic acids is 1. The van der Waals surface area contributed by atoms with Crippen LogP contribution < -0.4 is 4.74 Å². The Balaban J connectivity index is 2.59. The van der Waals surface area contributed by atoms with E-state index in [9.17, 15) is 4.79 Å². The van der Waals surface area contributed by atoms with Crippen LogP contribution in [0.25, 0.3) is 0 Å². The van der Waals surface area contributed by atoms with Crippen molar-refractivity contribution in [3.63, 3.8) is 0 Å². The Labute approximate surface area is 110 Å². The molecule has 1 aromatic carbocycles. The van der Waals surface area contributed by atoms with Crippen LogP contribution in [0.1, 0.15) is 26.3 Å². The summed E-state index contributed by atoms with van der Waals surface area (Å²) in [6, 6.07) is 7.93. The summed E-state index contributed by atoms with van der Waals surface area (Å²) in [5.74, 6) is 1.11. The Bertz CT molecular complexity index is 407. The number of benzene rings is 1. The average molecular weight is 249 g/mol. The molecule has 0 amide bonds. The zero-order valence-corrected chi connectivity index (χ0v) is 12.0. The van der Waals surface area contributed by atoms with Gasteiger partial charge in [0.2, 0.25) is 0 Å². The van der Waals surface area contributed by atoms with Crippen molar-refractivity contribution in [3.05, 3.63) is 29.8 Å². The van der Waals surface area contributed by atoms with Gasteiger partial charge in [0.15, 0.2) is 5.78 Å². The van der Waals surface area contributed by atoms with Gasteiger partial charge in [0.25, 0.3) is 0 Å². The van der Waals surface area contributed by atoms with E-state index < -0.39 is 0 Å². The molecular weight excluding hydrogens is 226 g/mol. The first-order valence-corrected chi connectivity index (χ1v) is 6.17. The third kappa shape index (κ3) is 4.49. The maximum absolute atomic E-state index is 11.9. The summed E-state index contributed by atoms with van der Waals surface area (Å²) in [7, 11) is 3.62. The minimum absolute atomic E-state index is 0.257. The summed E-state index contributed by atoms with van der Waals surface area (Å²) >= 11 is 0. The molecule has 0 heterocycles. The van der Waals surface area contributed by atoms with Crippen LogP contribution in [0, 0.1) is 5.41 Å². The van der Waals surface area contributed by atoms with E-state index in [2.05, 4.69) is 0 Å². The van der Waals surface area contributed by atoms with E-state index in [1.165, 1.54) is 0 Å². The van der Waals surface area contributed by atoms with Crippen LogP contribution in [-0.2, 0) is 11.3 Å². The minimum Gasteiger partial charge on any atom is -0.497 e. The van der Waals surface area contributed by atoms with Crippen molar-refractivity contribution < 1.29 is 9.53 Å². The maximum atomic E-state index is 11.9. The number of nitrogens with zero attached hydrogens (tertiary/aromatic N) is 1. The van der Waals surface area contributed by atoms with Gasteiger partial charge in [0, 0.05) is 12.0 Å². The largest absolute Gasteiger partial charge is 0.497 e. The number of likely N-dealkylation sites (N-methyl/N-ethyl adjacent to an activating group) is 1. The number of Topliss-reactive ketones (excluding diaryl/α,β-unsaturated/α-hetero) is 1. The molecule has 0 N–H and O–H groups in total. The molecule has 0 aliphatic heterocycles. The lowest BCUT2D eigenvalue weighted by atomic mass is 9.90. The van der Waals surface area contributed by atoms with Gasteiger partial charge in [-0.15, -0.1) is 0 Å². The van der Waals surface area contributed by atoms with E-state index in [1.807, 2.05) is 57.0 Å². The predicted octanol–water partition coefficient (Wildman–Crippen LogP) is 2.74. The molecule has 3 nitrogen and oxygen atoms in total. The first kappa shape index (κ1) is 14.7. The number of ether oxygens (including phenoxy) is 1. The summed E-state index contributed by atoms with van der Waals surface area (Å²) in [5.41, 5.74) is 0.876. The molecule has 0 aromatic heterocycles. The van der Waals surface area contributed by atoms with Crippen molar-refractivity contribution >= 4 is 5.78 Å². The fraction of sp³-hybridized carbons (Fsp3) is 0.533. The molecule has 0 saturated heterocycles. The predicted molar refractivity (Wildman–Crippen MR) is 73.8 cm³/mol. The number of hydrogen-bond acceptors (Lipinski definition) is 3. The Kier molecular flexibility index (Phi) is 4.91. The van der Waals surface area contributed by atoms with Crippen LogP contribution in [0.4, 0.5) is 0 Å². The van der Waals surface area contributed by atoms with E-state index in [0.29, 0.717) is 6.54 Å². The van der Waals surface area contributed by atoms with Gasteiger partial charge in [0.1, 0.15) is 5.75 Å². The van der Waals surface area contributed by atoms with Gasteiger partial charge in [-0.25, -0.2) is 0 Å². The van der Waals surface area contributed by atoms with Crippen molar-refractivity contribution in [2.45, 2.75) is 27.3 Å². The van der Waals surface area contributed by atoms with E-state index >= 15 is 0 Å². The third-order valence-electron chi connectivity index (χ3n) is 2.84. The quantitative estimate of drug-likeness (QED) is 0.803. The Hall–Kier alpha value is -1.35. The fourth-order valence-electron chi connectivity index (χ4n) is 1.62. The summed E-state index contributed by atoms with van der Waals surface area (Å²) < 4.78 is 5.19. The standard InChI is InChI=1S/C15H23NO2/c1-15(2,3)14(17)11-16(4)10-12-7-6-8-13(9-12)18-5/h6-9H,10-11H2,1-5H3. The minimum atomic E-state index is -0.275. The highest BCUT2D eigenvalue weighted by Gasteiger charge is 2.22. The molecule has 0 spiro atoms. The highest BCUT2D eigenvalue weighted by molar-refractivity contribution is 5.85. The molecule has 0 aliphatic rings. The van der Waals surface area contributed by atoms with Gasteiger partial charge >= 0.3 is 0 Å². The smallest absolute Gasteiger partial charge is 0.152 e. The van der Waals surface area contributed by atoms with E-state index in [0.717, 1.165) is 17.9 Å². The van der Waals surface area contributed by atoms with Crippen molar-refractivity contribution in [3.8, 4) is 5.75 Å². The molecule has 1 aromatic rings. The van der Waals surface area contributed by atoms with Gasteiger partial charge in [-0.2, -0.15) is 0 Å². The van der Waals surface area contributed by atoms with Crippen LogP contribution in [0.2, 0.25) is 0 Å². The van der Waals surface area contributed by atoms with Crippen LogP contribution in [0.15, 0.2) is 24.3 Å². The molecule has 0 aliphatic carbocycles.